The van der Waals surface area contributed by atoms with Crippen LogP contribution in [-0.4, -0.2) is 40.2 Å². The van der Waals surface area contributed by atoms with Crippen molar-refractivity contribution in [3.05, 3.63) is 58.8 Å². The van der Waals surface area contributed by atoms with Gasteiger partial charge < -0.3 is 19.1 Å². The average Bonchev–Trinajstić information content (AvgIpc) is 3.07. The molecule has 0 unspecified atom stereocenters. The summed E-state index contributed by atoms with van der Waals surface area (Å²) in [4.78, 5) is 20.8. The van der Waals surface area contributed by atoms with Crippen molar-refractivity contribution in [1.29, 1.82) is 0 Å². The van der Waals surface area contributed by atoms with Crippen LogP contribution in [0.25, 0.3) is 22.2 Å². The smallest absolute Gasteiger partial charge is 0.307 e. The van der Waals surface area contributed by atoms with Crippen LogP contribution < -0.4 is 4.74 Å². The van der Waals surface area contributed by atoms with Crippen LogP contribution in [0.3, 0.4) is 0 Å². The number of halogens is 1. The molecule has 3 heterocycles. The van der Waals surface area contributed by atoms with Gasteiger partial charge in [-0.2, -0.15) is 0 Å². The van der Waals surface area contributed by atoms with Crippen LogP contribution >= 0.6 is 0 Å². The van der Waals surface area contributed by atoms with E-state index < -0.39 is 11.8 Å². The number of methoxy groups -OCH3 is 1. The van der Waals surface area contributed by atoms with Crippen LogP contribution in [0, 0.1) is 12.7 Å². The average molecular weight is 451 g/mol. The molecule has 33 heavy (non-hydrogen) atoms. The van der Waals surface area contributed by atoms with Crippen molar-refractivity contribution in [2.45, 2.75) is 33.1 Å². The van der Waals surface area contributed by atoms with E-state index in [2.05, 4.69) is 16.6 Å². The Kier molecular flexibility index (Phi) is 5.93. The van der Waals surface area contributed by atoms with E-state index in [0.717, 1.165) is 12.0 Å². The van der Waals surface area contributed by atoms with Gasteiger partial charge in [0.25, 0.3) is 0 Å². The fourth-order valence-electron chi connectivity index (χ4n) is 4.34. The molecule has 0 saturated heterocycles. The van der Waals surface area contributed by atoms with E-state index in [1.807, 2.05) is 23.7 Å². The largest absolute Gasteiger partial charge is 0.490 e. The van der Waals surface area contributed by atoms with Crippen molar-refractivity contribution < 1.29 is 23.8 Å². The first-order valence-electron chi connectivity index (χ1n) is 10.7. The summed E-state index contributed by atoms with van der Waals surface area (Å²) in [5, 5.41) is 10.3. The summed E-state index contributed by atoms with van der Waals surface area (Å²) in [6, 6.07) is 5.15. The number of rotatable bonds is 5. The van der Waals surface area contributed by atoms with Crippen molar-refractivity contribution in [1.82, 2.24) is 9.55 Å². The summed E-state index contributed by atoms with van der Waals surface area (Å²) in [6.45, 7) is 7.83. The van der Waals surface area contributed by atoms with E-state index in [0.29, 0.717) is 63.7 Å². The number of carboxylic acids is 1. The molecule has 172 valence electrons. The molecule has 0 fully saturated rings. The van der Waals surface area contributed by atoms with Crippen molar-refractivity contribution in [3.63, 3.8) is 0 Å². The van der Waals surface area contributed by atoms with Gasteiger partial charge in [0.15, 0.2) is 11.6 Å². The highest BCUT2D eigenvalue weighted by Gasteiger charge is 2.24. The van der Waals surface area contributed by atoms with Gasteiger partial charge in [-0.05, 0) is 67.1 Å². The van der Waals surface area contributed by atoms with Gasteiger partial charge in [-0.15, -0.1) is 0 Å². The van der Waals surface area contributed by atoms with Crippen molar-refractivity contribution in [3.8, 4) is 16.9 Å². The number of nitrogens with zero attached hydrogens (tertiary/aromatic N) is 3. The predicted octanol–water partition coefficient (Wildman–Crippen LogP) is 4.57. The second-order valence-corrected chi connectivity index (χ2v) is 8.20. The first kappa shape index (κ1) is 22.5. The molecule has 3 aromatic rings. The van der Waals surface area contributed by atoms with Gasteiger partial charge in [-0.1, -0.05) is 6.58 Å². The first-order chi connectivity index (χ1) is 15.7. The quantitative estimate of drug-likeness (QED) is 0.454. The lowest BCUT2D eigenvalue weighted by Crippen LogP contribution is -2.11. The summed E-state index contributed by atoms with van der Waals surface area (Å²) in [5.74, 6) is -0.809. The lowest BCUT2D eigenvalue weighted by molar-refractivity contribution is -0.136. The maximum atomic E-state index is 15.0. The molecule has 0 atom stereocenters. The minimum atomic E-state index is -0.986. The standard InChI is InChI=1S/C25H26FN3O4/c1-13(2)27-25(32-5)20-11-18-22(16-9-15-7-6-8-33-23(15)19(26)10-16)17(12-21(30)31)14(3)28-24(18)29(20)4/h9-11H,1,6-8,12H2,2-5H3,(H,30,31)/b27-25-. The van der Waals surface area contributed by atoms with Gasteiger partial charge in [-0.25, -0.2) is 14.4 Å². The highest BCUT2D eigenvalue weighted by Crippen LogP contribution is 2.39. The fraction of sp³-hybridized carbons (Fsp3) is 0.320. The minimum Gasteiger partial charge on any atom is -0.490 e. The number of allylic oxidation sites excluding steroid dienone is 1. The van der Waals surface area contributed by atoms with Crippen LogP contribution in [0.2, 0.25) is 0 Å². The van der Waals surface area contributed by atoms with Crippen LogP contribution in [0.4, 0.5) is 4.39 Å². The third-order valence-corrected chi connectivity index (χ3v) is 5.76. The monoisotopic (exact) mass is 451 g/mol. The molecule has 1 aliphatic heterocycles. The summed E-state index contributed by atoms with van der Waals surface area (Å²) >= 11 is 0. The summed E-state index contributed by atoms with van der Waals surface area (Å²) in [5.41, 5.74) is 4.96. The number of aryl methyl sites for hydroxylation is 3. The maximum absolute atomic E-state index is 15.0. The first-order valence-corrected chi connectivity index (χ1v) is 10.7. The Morgan fingerprint density at radius 3 is 2.82 bits per heavy atom. The van der Waals surface area contributed by atoms with E-state index in [1.54, 1.807) is 13.8 Å². The predicted molar refractivity (Wildman–Crippen MR) is 124 cm³/mol. The number of hydrogen-bond donors (Lipinski definition) is 1. The molecule has 0 radical (unpaired) electrons. The van der Waals surface area contributed by atoms with Gasteiger partial charge in [-0.3, -0.25) is 4.79 Å². The molecule has 0 aliphatic carbocycles. The summed E-state index contributed by atoms with van der Waals surface area (Å²) in [6.07, 6.45) is 1.26. The van der Waals surface area contributed by atoms with Gasteiger partial charge in [0.1, 0.15) is 11.3 Å². The lowest BCUT2D eigenvalue weighted by Gasteiger charge is -2.20. The highest BCUT2D eigenvalue weighted by atomic mass is 19.1. The number of aliphatic carboxylic acids is 1. The third-order valence-electron chi connectivity index (χ3n) is 5.76. The third kappa shape index (κ3) is 4.08. The molecule has 2 aromatic heterocycles. The number of aliphatic imine (C=N–C) groups is 1. The van der Waals surface area contributed by atoms with Gasteiger partial charge in [0.2, 0.25) is 5.90 Å². The molecule has 0 amide bonds. The number of ether oxygens (including phenoxy) is 2. The number of benzene rings is 1. The Hall–Kier alpha value is -3.68. The zero-order chi connectivity index (χ0) is 23.9. The number of pyridine rings is 1. The molecular formula is C25H26FN3O4. The normalized spacial score (nSPS) is 13.5. The molecular weight excluding hydrogens is 425 g/mol. The Morgan fingerprint density at radius 2 is 2.15 bits per heavy atom. The number of fused-ring (bicyclic) bond motifs is 2. The fourth-order valence-corrected chi connectivity index (χ4v) is 4.34. The van der Waals surface area contributed by atoms with E-state index in [9.17, 15) is 9.90 Å². The van der Waals surface area contributed by atoms with E-state index in [-0.39, 0.29) is 12.2 Å². The lowest BCUT2D eigenvalue weighted by atomic mass is 9.91. The van der Waals surface area contributed by atoms with Crippen molar-refractivity contribution in [2.75, 3.05) is 13.7 Å². The Labute approximate surface area is 191 Å². The Bertz CT molecular complexity index is 1320. The molecule has 1 N–H and O–H groups in total. The van der Waals surface area contributed by atoms with Crippen molar-refractivity contribution in [2.24, 2.45) is 12.0 Å². The van der Waals surface area contributed by atoms with Crippen molar-refractivity contribution >= 4 is 22.9 Å². The van der Waals surface area contributed by atoms with Crippen LogP contribution in [0.5, 0.6) is 5.75 Å². The Balaban J connectivity index is 2.07. The second kappa shape index (κ2) is 8.69. The number of aromatic nitrogens is 2. The molecule has 1 aromatic carbocycles. The molecule has 1 aliphatic rings. The maximum Gasteiger partial charge on any atom is 0.307 e. The van der Waals surface area contributed by atoms with Gasteiger partial charge >= 0.3 is 5.97 Å². The Morgan fingerprint density at radius 1 is 1.39 bits per heavy atom. The van der Waals surface area contributed by atoms with E-state index in [4.69, 9.17) is 9.47 Å². The second-order valence-electron chi connectivity index (χ2n) is 8.20. The van der Waals surface area contributed by atoms with Gasteiger partial charge in [0, 0.05) is 23.8 Å². The zero-order valence-corrected chi connectivity index (χ0v) is 19.2. The topological polar surface area (TPSA) is 85.9 Å². The molecule has 8 heteroatoms. The van der Waals surface area contributed by atoms with Crippen LogP contribution in [0.15, 0.2) is 35.5 Å². The SMILES string of the molecule is C=C(C)/N=C(\OC)c1cc2c(-c3cc(F)c4c(c3)CCCO4)c(CC(=O)O)c(C)nc2n1C. The zero-order valence-electron chi connectivity index (χ0n) is 19.2. The molecule has 0 spiro atoms. The van der Waals surface area contributed by atoms with E-state index >= 15 is 4.39 Å². The minimum absolute atomic E-state index is 0.236. The number of carbonyl (C=O) groups is 1. The summed E-state index contributed by atoms with van der Waals surface area (Å²) < 4.78 is 27.9. The molecule has 7 nitrogen and oxygen atoms in total. The number of carboxylic acid groups (broad SMARTS) is 1. The molecule has 0 bridgehead atoms. The molecule has 4 rings (SSSR count). The number of hydrogen-bond acceptors (Lipinski definition) is 5. The van der Waals surface area contributed by atoms with Gasteiger partial charge in [0.05, 0.1) is 20.1 Å². The summed E-state index contributed by atoms with van der Waals surface area (Å²) in [7, 11) is 3.35. The molecule has 0 saturated carbocycles. The highest BCUT2D eigenvalue weighted by molar-refractivity contribution is 6.04. The van der Waals surface area contributed by atoms with E-state index in [1.165, 1.54) is 13.2 Å². The van der Waals surface area contributed by atoms with Crippen LogP contribution in [-0.2, 0) is 29.4 Å². The van der Waals surface area contributed by atoms with Crippen LogP contribution in [0.1, 0.15) is 35.9 Å².